The van der Waals surface area contributed by atoms with Crippen LogP contribution >= 0.6 is 0 Å². The number of carbonyl (C=O) groups is 2. The molecular weight excluding hydrogens is 280 g/mol. The molecule has 112 valence electrons. The number of rotatable bonds is 4. The first kappa shape index (κ1) is 14.7. The minimum Gasteiger partial charge on any atom is -0.477 e. The molecule has 2 heterocycles. The molecule has 1 aromatic rings. The summed E-state index contributed by atoms with van der Waals surface area (Å²) in [6.45, 7) is 0.472. The van der Waals surface area contributed by atoms with Crippen LogP contribution in [0.1, 0.15) is 23.2 Å². The SMILES string of the molecule is CN1CC(Nc2cc(C(=O)O)c([N+](=O)[O-])cn2)CCC1=O. The smallest absolute Gasteiger partial charge is 0.342 e. The number of aromatic nitrogens is 1. The summed E-state index contributed by atoms with van der Waals surface area (Å²) >= 11 is 0. The van der Waals surface area contributed by atoms with Crippen molar-refractivity contribution in [1.29, 1.82) is 0 Å². The number of nitrogens with one attached hydrogen (secondary N) is 1. The Morgan fingerprint density at radius 1 is 1.62 bits per heavy atom. The molecule has 1 unspecified atom stereocenters. The van der Waals surface area contributed by atoms with Crippen molar-refractivity contribution in [3.63, 3.8) is 0 Å². The van der Waals surface area contributed by atoms with Crippen molar-refractivity contribution in [3.8, 4) is 0 Å². The standard InChI is InChI=1S/C12H14N4O5/c1-15-6-7(2-3-11(15)17)14-10-4-8(12(18)19)9(5-13-10)16(20)21/h4-5,7H,2-3,6H2,1H3,(H,13,14)(H,18,19). The van der Waals surface area contributed by atoms with Crippen molar-refractivity contribution < 1.29 is 19.6 Å². The van der Waals surface area contributed by atoms with Crippen LogP contribution in [0.5, 0.6) is 0 Å². The molecule has 2 N–H and O–H groups in total. The Balaban J connectivity index is 2.18. The minimum atomic E-state index is -1.39. The zero-order valence-corrected chi connectivity index (χ0v) is 11.3. The zero-order valence-electron chi connectivity index (χ0n) is 11.3. The fourth-order valence-corrected chi connectivity index (χ4v) is 2.18. The van der Waals surface area contributed by atoms with Crippen molar-refractivity contribution in [2.24, 2.45) is 0 Å². The maximum Gasteiger partial charge on any atom is 0.342 e. The lowest BCUT2D eigenvalue weighted by Crippen LogP contribution is -2.43. The maximum absolute atomic E-state index is 11.4. The van der Waals surface area contributed by atoms with Crippen LogP contribution in [0, 0.1) is 10.1 Å². The highest BCUT2D eigenvalue weighted by Gasteiger charge is 2.25. The number of aromatic carboxylic acids is 1. The van der Waals surface area contributed by atoms with Crippen molar-refractivity contribution in [2.45, 2.75) is 18.9 Å². The Morgan fingerprint density at radius 3 is 2.90 bits per heavy atom. The van der Waals surface area contributed by atoms with Crippen LogP contribution < -0.4 is 5.32 Å². The molecule has 0 radical (unpaired) electrons. The number of piperidine rings is 1. The Labute approximate surface area is 119 Å². The van der Waals surface area contributed by atoms with Crippen LogP contribution in [0.4, 0.5) is 11.5 Å². The topological polar surface area (TPSA) is 126 Å². The summed E-state index contributed by atoms with van der Waals surface area (Å²) in [5.74, 6) is -1.09. The van der Waals surface area contributed by atoms with Crippen molar-refractivity contribution in [1.82, 2.24) is 9.88 Å². The third-order valence-electron chi connectivity index (χ3n) is 3.29. The van der Waals surface area contributed by atoms with Crippen LogP contribution in [0.15, 0.2) is 12.3 Å². The monoisotopic (exact) mass is 294 g/mol. The van der Waals surface area contributed by atoms with E-state index in [4.69, 9.17) is 5.11 Å². The fourth-order valence-electron chi connectivity index (χ4n) is 2.18. The fraction of sp³-hybridized carbons (Fsp3) is 0.417. The molecule has 1 fully saturated rings. The Kier molecular flexibility index (Phi) is 4.01. The molecule has 2 rings (SSSR count). The first-order chi connectivity index (χ1) is 9.88. The summed E-state index contributed by atoms with van der Waals surface area (Å²) in [5.41, 5.74) is -0.971. The Hall–Kier alpha value is -2.71. The van der Waals surface area contributed by atoms with Gasteiger partial charge in [-0.05, 0) is 6.42 Å². The van der Waals surface area contributed by atoms with E-state index in [0.717, 1.165) is 12.3 Å². The van der Waals surface area contributed by atoms with Gasteiger partial charge in [-0.2, -0.15) is 0 Å². The molecule has 1 aromatic heterocycles. The average molecular weight is 294 g/mol. The molecule has 0 saturated carbocycles. The number of carboxylic acids is 1. The summed E-state index contributed by atoms with van der Waals surface area (Å²) in [6.07, 6.45) is 1.92. The van der Waals surface area contributed by atoms with Gasteiger partial charge < -0.3 is 15.3 Å². The molecule has 0 aliphatic carbocycles. The van der Waals surface area contributed by atoms with Gasteiger partial charge in [-0.25, -0.2) is 9.78 Å². The van der Waals surface area contributed by atoms with Gasteiger partial charge in [-0.1, -0.05) is 0 Å². The van der Waals surface area contributed by atoms with Crippen LogP contribution in [-0.4, -0.2) is 51.4 Å². The van der Waals surface area contributed by atoms with Gasteiger partial charge in [0.25, 0.3) is 0 Å². The summed E-state index contributed by atoms with van der Waals surface area (Å²) in [4.78, 5) is 37.8. The van der Waals surface area contributed by atoms with Gasteiger partial charge in [0.1, 0.15) is 17.6 Å². The highest BCUT2D eigenvalue weighted by atomic mass is 16.6. The van der Waals surface area contributed by atoms with Gasteiger partial charge in [-0.3, -0.25) is 14.9 Å². The van der Waals surface area contributed by atoms with E-state index in [2.05, 4.69) is 10.3 Å². The third-order valence-corrected chi connectivity index (χ3v) is 3.29. The molecule has 9 heteroatoms. The Morgan fingerprint density at radius 2 is 2.33 bits per heavy atom. The van der Waals surface area contributed by atoms with Crippen LogP contribution in [0.3, 0.4) is 0 Å². The lowest BCUT2D eigenvalue weighted by atomic mass is 10.1. The number of pyridine rings is 1. The number of likely N-dealkylation sites (N-methyl/N-ethyl adjacent to an activating group) is 1. The van der Waals surface area contributed by atoms with E-state index in [1.807, 2.05) is 0 Å². The second kappa shape index (κ2) is 5.73. The average Bonchev–Trinajstić information content (AvgIpc) is 2.42. The van der Waals surface area contributed by atoms with Crippen molar-refractivity contribution in [3.05, 3.63) is 27.9 Å². The molecule has 1 saturated heterocycles. The summed E-state index contributed by atoms with van der Waals surface area (Å²) in [7, 11) is 1.68. The number of likely N-dealkylation sites (tertiary alicyclic amines) is 1. The molecule has 0 aromatic carbocycles. The first-order valence-electron chi connectivity index (χ1n) is 6.26. The molecule has 1 aliphatic rings. The molecule has 0 spiro atoms. The van der Waals surface area contributed by atoms with E-state index >= 15 is 0 Å². The van der Waals surface area contributed by atoms with Gasteiger partial charge >= 0.3 is 11.7 Å². The molecular formula is C12H14N4O5. The van der Waals surface area contributed by atoms with Crippen molar-refractivity contribution >= 4 is 23.4 Å². The molecule has 9 nitrogen and oxygen atoms in total. The highest BCUT2D eigenvalue weighted by Crippen LogP contribution is 2.22. The first-order valence-corrected chi connectivity index (χ1v) is 6.26. The number of hydrogen-bond acceptors (Lipinski definition) is 6. The minimum absolute atomic E-state index is 0.0518. The second-order valence-electron chi connectivity index (χ2n) is 4.80. The van der Waals surface area contributed by atoms with Crippen LogP contribution in [0.25, 0.3) is 0 Å². The predicted octanol–water partition coefficient (Wildman–Crippen LogP) is 0.721. The quantitative estimate of drug-likeness (QED) is 0.619. The summed E-state index contributed by atoms with van der Waals surface area (Å²) < 4.78 is 0. The molecule has 1 atom stereocenters. The van der Waals surface area contributed by atoms with Crippen LogP contribution in [0.2, 0.25) is 0 Å². The Bertz CT molecular complexity index is 603. The number of amides is 1. The number of carbonyl (C=O) groups excluding carboxylic acids is 1. The van der Waals surface area contributed by atoms with E-state index in [1.54, 1.807) is 11.9 Å². The van der Waals surface area contributed by atoms with Gasteiger partial charge in [0.05, 0.1) is 4.92 Å². The van der Waals surface area contributed by atoms with E-state index in [-0.39, 0.29) is 17.8 Å². The summed E-state index contributed by atoms with van der Waals surface area (Å²) in [5, 5.41) is 22.8. The number of carboxylic acid groups (broad SMARTS) is 1. The van der Waals surface area contributed by atoms with Gasteiger partial charge in [0.15, 0.2) is 0 Å². The number of hydrogen-bond donors (Lipinski definition) is 2. The maximum atomic E-state index is 11.4. The van der Waals surface area contributed by atoms with Crippen molar-refractivity contribution in [2.75, 3.05) is 18.9 Å². The number of nitrogens with zero attached hydrogens (tertiary/aromatic N) is 3. The number of nitro groups is 1. The normalized spacial score (nSPS) is 18.4. The molecule has 1 aliphatic heterocycles. The van der Waals surface area contributed by atoms with E-state index < -0.39 is 22.1 Å². The highest BCUT2D eigenvalue weighted by molar-refractivity contribution is 5.93. The summed E-state index contributed by atoms with van der Waals surface area (Å²) in [6, 6.07) is 1.07. The lowest BCUT2D eigenvalue weighted by Gasteiger charge is -2.30. The largest absolute Gasteiger partial charge is 0.477 e. The molecule has 21 heavy (non-hydrogen) atoms. The van der Waals surface area contributed by atoms with E-state index in [0.29, 0.717) is 19.4 Å². The van der Waals surface area contributed by atoms with Crippen LogP contribution in [-0.2, 0) is 4.79 Å². The number of anilines is 1. The predicted molar refractivity (Wildman–Crippen MR) is 72.1 cm³/mol. The third kappa shape index (κ3) is 3.25. The van der Waals surface area contributed by atoms with E-state index in [1.165, 1.54) is 0 Å². The van der Waals surface area contributed by atoms with Gasteiger partial charge in [0, 0.05) is 32.1 Å². The van der Waals surface area contributed by atoms with E-state index in [9.17, 15) is 19.7 Å². The zero-order chi connectivity index (χ0) is 15.6. The lowest BCUT2D eigenvalue weighted by molar-refractivity contribution is -0.385. The van der Waals surface area contributed by atoms with Gasteiger partial charge in [0.2, 0.25) is 5.91 Å². The van der Waals surface area contributed by atoms with Gasteiger partial charge in [-0.15, -0.1) is 0 Å². The molecule has 1 amide bonds. The second-order valence-corrected chi connectivity index (χ2v) is 4.80. The molecule has 0 bridgehead atoms.